The van der Waals surface area contributed by atoms with Gasteiger partial charge < -0.3 is 14.4 Å². The molecule has 1 atom stereocenters. The van der Waals surface area contributed by atoms with Crippen molar-refractivity contribution in [3.63, 3.8) is 0 Å². The molecule has 4 rings (SSSR count). The van der Waals surface area contributed by atoms with Gasteiger partial charge in [-0.25, -0.2) is 13.9 Å². The maximum atomic E-state index is 15.1. The molecule has 1 aromatic heterocycles. The topological polar surface area (TPSA) is 126 Å². The van der Waals surface area contributed by atoms with Crippen LogP contribution in [0.2, 0.25) is 4.34 Å². The number of amides is 4. The number of rotatable bonds is 10. The van der Waals surface area contributed by atoms with Crippen molar-refractivity contribution in [2.45, 2.75) is 26.4 Å². The van der Waals surface area contributed by atoms with Gasteiger partial charge in [0.1, 0.15) is 18.5 Å². The van der Waals surface area contributed by atoms with Crippen LogP contribution in [0.5, 0.6) is 0 Å². The minimum absolute atomic E-state index is 0. The molecule has 0 bridgehead atoms. The quantitative estimate of drug-likeness (QED) is 0.360. The summed E-state index contributed by atoms with van der Waals surface area (Å²) in [5, 5.41) is -0.151. The zero-order valence-electron chi connectivity index (χ0n) is 22.7. The van der Waals surface area contributed by atoms with E-state index < -0.39 is 29.8 Å². The van der Waals surface area contributed by atoms with Gasteiger partial charge >= 0.3 is 6.09 Å². The molecule has 228 valence electrons. The van der Waals surface area contributed by atoms with E-state index in [-0.39, 0.29) is 77.3 Å². The van der Waals surface area contributed by atoms with Gasteiger partial charge in [0.05, 0.1) is 41.1 Å². The third kappa shape index (κ3) is 8.51. The summed E-state index contributed by atoms with van der Waals surface area (Å²) in [6.45, 7) is 3.52. The van der Waals surface area contributed by atoms with E-state index in [2.05, 4.69) is 4.72 Å². The second kappa shape index (κ2) is 15.3. The minimum Gasteiger partial charge on any atom is -0.442 e. The molecule has 42 heavy (non-hydrogen) atoms. The Morgan fingerprint density at radius 3 is 2.62 bits per heavy atom. The van der Waals surface area contributed by atoms with Crippen LogP contribution in [0.3, 0.4) is 0 Å². The Balaban J connectivity index is 0.00000484. The molecule has 2 saturated heterocycles. The fraction of sp³-hybridized carbons (Fsp3) is 0.423. The number of anilines is 2. The highest BCUT2D eigenvalue weighted by atomic mass is 79.9. The first kappa shape index (κ1) is 33.9. The normalized spacial score (nSPS) is 16.8. The van der Waals surface area contributed by atoms with Crippen LogP contribution in [0.1, 0.15) is 29.9 Å². The number of imide groups is 1. The zero-order valence-corrected chi connectivity index (χ0v) is 26.8. The summed E-state index contributed by atoms with van der Waals surface area (Å²) in [5.41, 5.74) is 0.260. The molecule has 0 radical (unpaired) electrons. The van der Waals surface area contributed by atoms with E-state index in [1.54, 1.807) is 0 Å². The summed E-state index contributed by atoms with van der Waals surface area (Å²) < 4.78 is 28.7. The van der Waals surface area contributed by atoms with Crippen molar-refractivity contribution in [2.24, 2.45) is 5.92 Å². The van der Waals surface area contributed by atoms with E-state index in [9.17, 15) is 24.0 Å². The van der Waals surface area contributed by atoms with Crippen LogP contribution in [0.15, 0.2) is 30.3 Å². The van der Waals surface area contributed by atoms with Crippen LogP contribution in [0.25, 0.3) is 0 Å². The van der Waals surface area contributed by atoms with Gasteiger partial charge in [-0.3, -0.25) is 29.0 Å². The number of nitrogens with one attached hydrogen (secondary N) is 1. The Labute approximate surface area is 265 Å². The van der Waals surface area contributed by atoms with Crippen molar-refractivity contribution < 1.29 is 37.8 Å². The summed E-state index contributed by atoms with van der Waals surface area (Å²) >= 11 is 7.75. The molecule has 1 aromatic carbocycles. The predicted octanol–water partition coefficient (Wildman–Crippen LogP) is 4.29. The van der Waals surface area contributed by atoms with E-state index in [0.29, 0.717) is 23.1 Å². The van der Waals surface area contributed by atoms with E-state index >= 15 is 4.39 Å². The van der Waals surface area contributed by atoms with Gasteiger partial charge in [0.15, 0.2) is 0 Å². The largest absolute Gasteiger partial charge is 0.442 e. The van der Waals surface area contributed by atoms with Gasteiger partial charge in [-0.05, 0) is 48.2 Å². The molecule has 2 aromatic rings. The Morgan fingerprint density at radius 1 is 1.21 bits per heavy atom. The van der Waals surface area contributed by atoms with Crippen LogP contribution in [-0.2, 0) is 23.9 Å². The van der Waals surface area contributed by atoms with Crippen molar-refractivity contribution in [1.82, 2.24) is 9.62 Å². The SMILES string of the molecule is Br.CC(C)CC(=O)SNCC(=O)N(C[C@H]1CN(c2ccc(N3CCOCC3=O)cc2F)C(=O)O1)C(=O)c1ccc(Cl)s1. The number of carbonyl (C=O) groups is 5. The maximum Gasteiger partial charge on any atom is 0.414 e. The first-order valence-corrected chi connectivity index (χ1v) is 14.7. The molecule has 0 unspecified atom stereocenters. The third-order valence-corrected chi connectivity index (χ3v) is 8.00. The summed E-state index contributed by atoms with van der Waals surface area (Å²) in [6, 6.07) is 7.05. The Hall–Kier alpha value is -2.56. The highest BCUT2D eigenvalue weighted by Gasteiger charge is 2.38. The van der Waals surface area contributed by atoms with Gasteiger partial charge in [-0.2, -0.15) is 0 Å². The molecule has 11 nitrogen and oxygen atoms in total. The number of ether oxygens (including phenoxy) is 2. The standard InChI is InChI=1S/C26H28ClFN4O7S2.BrH/c1-15(2)9-24(35)41-29-11-22(33)32(25(36)20-5-6-21(27)40-20)13-17-12-31(26(37)39-17)19-4-3-16(10-18(19)28)30-7-8-38-14-23(30)34;/h3-6,10,15,17,29H,7-9,11-14H2,1-2H3;1H/t17-;/m1./s1. The molecule has 1 N–H and O–H groups in total. The lowest BCUT2D eigenvalue weighted by molar-refractivity contribution is -0.128. The lowest BCUT2D eigenvalue weighted by atomic mass is 10.2. The second-order valence-corrected chi connectivity index (χ2v) is 12.3. The van der Waals surface area contributed by atoms with E-state index in [1.165, 1.54) is 29.2 Å². The van der Waals surface area contributed by atoms with Gasteiger partial charge in [0.2, 0.25) is 11.0 Å². The second-order valence-electron chi connectivity index (χ2n) is 9.66. The smallest absolute Gasteiger partial charge is 0.414 e. The molecule has 2 fully saturated rings. The maximum absolute atomic E-state index is 15.1. The number of hydrogen-bond acceptors (Lipinski definition) is 10. The van der Waals surface area contributed by atoms with Crippen molar-refractivity contribution >= 4 is 92.2 Å². The molecule has 16 heteroatoms. The van der Waals surface area contributed by atoms with Crippen molar-refractivity contribution in [2.75, 3.05) is 49.2 Å². The fourth-order valence-corrected chi connectivity index (χ4v) is 5.96. The van der Waals surface area contributed by atoms with Gasteiger partial charge in [0.25, 0.3) is 11.8 Å². The molecule has 0 aliphatic carbocycles. The fourth-order valence-electron chi connectivity index (χ4n) is 4.20. The molecule has 0 spiro atoms. The van der Waals surface area contributed by atoms with Crippen LogP contribution in [0, 0.1) is 11.7 Å². The van der Waals surface area contributed by atoms with Crippen LogP contribution >= 0.6 is 51.9 Å². The molecule has 0 saturated carbocycles. The predicted molar refractivity (Wildman–Crippen MR) is 163 cm³/mol. The molecular weight excluding hydrogens is 679 g/mol. The zero-order chi connectivity index (χ0) is 29.7. The molecule has 2 aliphatic heterocycles. The first-order chi connectivity index (χ1) is 19.5. The number of thiophene rings is 1. The lowest BCUT2D eigenvalue weighted by Gasteiger charge is -2.27. The van der Waals surface area contributed by atoms with Gasteiger partial charge in [0, 0.05) is 18.7 Å². The molecule has 3 heterocycles. The van der Waals surface area contributed by atoms with Crippen molar-refractivity contribution in [3.05, 3.63) is 45.4 Å². The molecular formula is C26H29BrClFN4O7S2. The number of morpholine rings is 1. The lowest BCUT2D eigenvalue weighted by Crippen LogP contribution is -2.46. The van der Waals surface area contributed by atoms with Gasteiger partial charge in [-0.15, -0.1) is 28.3 Å². The number of benzene rings is 1. The van der Waals surface area contributed by atoms with E-state index in [0.717, 1.165) is 39.2 Å². The van der Waals surface area contributed by atoms with Crippen molar-refractivity contribution in [1.29, 1.82) is 0 Å². The molecule has 2 aliphatic rings. The Bertz CT molecular complexity index is 1350. The van der Waals surface area contributed by atoms with Crippen LogP contribution in [-0.4, -0.2) is 79.3 Å². The van der Waals surface area contributed by atoms with Crippen LogP contribution < -0.4 is 14.5 Å². The number of hydrogen-bond donors (Lipinski definition) is 1. The average Bonchev–Trinajstić information content (AvgIpc) is 3.51. The Morgan fingerprint density at radius 2 is 1.98 bits per heavy atom. The van der Waals surface area contributed by atoms with Gasteiger partial charge in [-0.1, -0.05) is 25.4 Å². The Kier molecular flexibility index (Phi) is 12.3. The van der Waals surface area contributed by atoms with E-state index in [1.807, 2.05) is 13.8 Å². The summed E-state index contributed by atoms with van der Waals surface area (Å²) in [7, 11) is 0. The monoisotopic (exact) mass is 706 g/mol. The van der Waals surface area contributed by atoms with Crippen LogP contribution in [0.4, 0.5) is 20.6 Å². The first-order valence-electron chi connectivity index (χ1n) is 12.7. The third-order valence-electron chi connectivity index (χ3n) is 6.09. The number of cyclic esters (lactones) is 1. The number of halogens is 3. The summed E-state index contributed by atoms with van der Waals surface area (Å²) in [6.07, 6.45) is -1.49. The van der Waals surface area contributed by atoms with Crippen molar-refractivity contribution in [3.8, 4) is 0 Å². The number of carbonyl (C=O) groups excluding carboxylic acids is 5. The molecule has 4 amide bonds. The average molecular weight is 708 g/mol. The highest BCUT2D eigenvalue weighted by Crippen LogP contribution is 2.30. The minimum atomic E-state index is -0.957. The van der Waals surface area contributed by atoms with E-state index in [4.69, 9.17) is 21.1 Å². The number of nitrogens with zero attached hydrogens (tertiary/aromatic N) is 3. The highest BCUT2D eigenvalue weighted by molar-refractivity contribution is 8.93. The summed E-state index contributed by atoms with van der Waals surface area (Å²) in [4.78, 5) is 66.7. The summed E-state index contributed by atoms with van der Waals surface area (Å²) in [5.74, 6) is -2.19.